The van der Waals surface area contributed by atoms with Gasteiger partial charge in [0.15, 0.2) is 0 Å². The fraction of sp³-hybridized carbons (Fsp3) is 0.778. The second-order valence-electron chi connectivity index (χ2n) is 4.14. The van der Waals surface area contributed by atoms with Gasteiger partial charge in [-0.05, 0) is 18.3 Å². The lowest BCUT2D eigenvalue weighted by Crippen LogP contribution is -2.40. The molecule has 4 heteroatoms. The molecule has 4 nitrogen and oxygen atoms in total. The zero-order valence-electron chi connectivity index (χ0n) is 7.80. The number of carbonyl (C=O) groups is 2. The van der Waals surface area contributed by atoms with E-state index in [4.69, 9.17) is 0 Å². The molecule has 0 radical (unpaired) electrons. The highest BCUT2D eigenvalue weighted by molar-refractivity contribution is 5.95. The van der Waals surface area contributed by atoms with Crippen molar-refractivity contribution >= 4 is 11.9 Å². The van der Waals surface area contributed by atoms with Gasteiger partial charge in [-0.15, -0.1) is 0 Å². The number of rotatable bonds is 0. The summed E-state index contributed by atoms with van der Waals surface area (Å²) in [6, 6.07) is -0.256. The molecule has 2 rings (SSSR count). The normalized spacial score (nSPS) is 26.7. The zero-order chi connectivity index (χ0) is 9.47. The molecule has 0 aromatic carbocycles. The summed E-state index contributed by atoms with van der Waals surface area (Å²) in [6.45, 7) is 0.669. The van der Waals surface area contributed by atoms with Crippen LogP contribution in [0.25, 0.3) is 0 Å². The second kappa shape index (κ2) is 2.72. The van der Waals surface area contributed by atoms with E-state index >= 15 is 0 Å². The van der Waals surface area contributed by atoms with Crippen LogP contribution < -0.4 is 5.32 Å². The third-order valence-electron chi connectivity index (χ3n) is 3.23. The first kappa shape index (κ1) is 8.53. The van der Waals surface area contributed by atoms with Gasteiger partial charge in [0.05, 0.1) is 0 Å². The first-order valence-corrected chi connectivity index (χ1v) is 4.67. The number of imide groups is 1. The zero-order valence-corrected chi connectivity index (χ0v) is 7.80. The number of nitrogens with zero attached hydrogens (tertiary/aromatic N) is 1. The number of nitrogens with one attached hydrogen (secondary N) is 1. The van der Waals surface area contributed by atoms with Crippen LogP contribution in [-0.4, -0.2) is 30.4 Å². The average Bonchev–Trinajstić information content (AvgIpc) is 2.15. The lowest BCUT2D eigenvalue weighted by Gasteiger charge is -2.39. The van der Waals surface area contributed by atoms with Crippen LogP contribution in [0, 0.1) is 5.41 Å². The van der Waals surface area contributed by atoms with Crippen molar-refractivity contribution in [2.24, 2.45) is 5.41 Å². The molecule has 1 spiro atoms. The lowest BCUT2D eigenvalue weighted by molar-refractivity contribution is -0.130. The Balaban J connectivity index is 2.14. The quantitative estimate of drug-likeness (QED) is 0.600. The molecule has 1 aliphatic heterocycles. The van der Waals surface area contributed by atoms with Crippen LogP contribution in [-0.2, 0) is 4.79 Å². The standard InChI is InChI=1S/C9H14N2O2/c1-11-7(12)5-9(3-2-4-9)6-10-8(11)13/h2-6H2,1H3,(H,10,13). The molecule has 1 aliphatic carbocycles. The smallest absolute Gasteiger partial charge is 0.323 e. The van der Waals surface area contributed by atoms with Gasteiger partial charge in [-0.25, -0.2) is 4.79 Å². The monoisotopic (exact) mass is 182 g/mol. The first-order chi connectivity index (χ1) is 6.13. The van der Waals surface area contributed by atoms with Crippen molar-refractivity contribution in [3.8, 4) is 0 Å². The first-order valence-electron chi connectivity index (χ1n) is 4.67. The fourth-order valence-electron chi connectivity index (χ4n) is 2.03. The highest BCUT2D eigenvalue weighted by Crippen LogP contribution is 2.44. The van der Waals surface area contributed by atoms with Crippen LogP contribution in [0.5, 0.6) is 0 Å². The Kier molecular flexibility index (Phi) is 1.78. The van der Waals surface area contributed by atoms with Crippen molar-refractivity contribution in [1.82, 2.24) is 10.2 Å². The summed E-state index contributed by atoms with van der Waals surface area (Å²) in [5.74, 6) is -0.0466. The van der Waals surface area contributed by atoms with E-state index in [9.17, 15) is 9.59 Å². The Morgan fingerprint density at radius 3 is 2.62 bits per heavy atom. The molecule has 1 heterocycles. The Hall–Kier alpha value is -1.06. The van der Waals surface area contributed by atoms with Crippen molar-refractivity contribution in [1.29, 1.82) is 0 Å². The number of urea groups is 1. The number of amides is 3. The molecule has 72 valence electrons. The van der Waals surface area contributed by atoms with E-state index < -0.39 is 0 Å². The summed E-state index contributed by atoms with van der Waals surface area (Å²) < 4.78 is 0. The molecular weight excluding hydrogens is 168 g/mol. The molecule has 1 N–H and O–H groups in total. The Morgan fingerprint density at radius 1 is 1.38 bits per heavy atom. The Morgan fingerprint density at radius 2 is 2.08 bits per heavy atom. The molecule has 0 aromatic rings. The molecule has 0 bridgehead atoms. The van der Waals surface area contributed by atoms with Crippen LogP contribution in [0.1, 0.15) is 25.7 Å². The topological polar surface area (TPSA) is 49.4 Å². The minimum Gasteiger partial charge on any atom is -0.337 e. The van der Waals surface area contributed by atoms with Crippen LogP contribution in [0.15, 0.2) is 0 Å². The van der Waals surface area contributed by atoms with E-state index in [1.165, 1.54) is 18.4 Å². The summed E-state index contributed by atoms with van der Waals surface area (Å²) >= 11 is 0. The maximum absolute atomic E-state index is 11.5. The number of hydrogen-bond donors (Lipinski definition) is 1. The van der Waals surface area contributed by atoms with Gasteiger partial charge in [0.1, 0.15) is 0 Å². The molecule has 0 unspecified atom stereocenters. The number of hydrogen-bond acceptors (Lipinski definition) is 2. The fourth-order valence-corrected chi connectivity index (χ4v) is 2.03. The van der Waals surface area contributed by atoms with Crippen LogP contribution in [0.3, 0.4) is 0 Å². The Bertz CT molecular complexity index is 258. The maximum Gasteiger partial charge on any atom is 0.323 e. The highest BCUT2D eigenvalue weighted by Gasteiger charge is 2.42. The predicted octanol–water partition coefficient (Wildman–Crippen LogP) is 0.728. The summed E-state index contributed by atoms with van der Waals surface area (Å²) in [7, 11) is 1.54. The summed E-state index contributed by atoms with van der Waals surface area (Å²) in [6.07, 6.45) is 3.87. The van der Waals surface area contributed by atoms with Crippen LogP contribution in [0.2, 0.25) is 0 Å². The van der Waals surface area contributed by atoms with Crippen molar-refractivity contribution < 1.29 is 9.59 Å². The minimum absolute atomic E-state index is 0.0466. The predicted molar refractivity (Wildman–Crippen MR) is 47.1 cm³/mol. The van der Waals surface area contributed by atoms with Gasteiger partial charge in [0.25, 0.3) is 0 Å². The molecule has 0 atom stereocenters. The lowest BCUT2D eigenvalue weighted by atomic mass is 9.66. The van der Waals surface area contributed by atoms with Crippen molar-refractivity contribution in [2.45, 2.75) is 25.7 Å². The minimum atomic E-state index is -0.256. The van der Waals surface area contributed by atoms with Gasteiger partial charge in [-0.1, -0.05) is 6.42 Å². The molecule has 0 aromatic heterocycles. The summed E-state index contributed by atoms with van der Waals surface area (Å²) in [4.78, 5) is 23.9. The molecule has 2 fully saturated rings. The third-order valence-corrected chi connectivity index (χ3v) is 3.23. The molecule has 1 saturated carbocycles. The van der Waals surface area contributed by atoms with E-state index in [0.29, 0.717) is 13.0 Å². The van der Waals surface area contributed by atoms with Gasteiger partial charge in [-0.3, -0.25) is 9.69 Å². The molecule has 1 saturated heterocycles. The van der Waals surface area contributed by atoms with E-state index in [0.717, 1.165) is 12.8 Å². The van der Waals surface area contributed by atoms with Gasteiger partial charge in [0, 0.05) is 20.0 Å². The van der Waals surface area contributed by atoms with Gasteiger partial charge < -0.3 is 5.32 Å². The van der Waals surface area contributed by atoms with Crippen LogP contribution in [0.4, 0.5) is 4.79 Å². The van der Waals surface area contributed by atoms with Crippen molar-refractivity contribution in [3.05, 3.63) is 0 Å². The Labute approximate surface area is 77.3 Å². The third kappa shape index (κ3) is 1.30. The van der Waals surface area contributed by atoms with Crippen molar-refractivity contribution in [2.75, 3.05) is 13.6 Å². The van der Waals surface area contributed by atoms with Gasteiger partial charge >= 0.3 is 6.03 Å². The van der Waals surface area contributed by atoms with Crippen LogP contribution >= 0.6 is 0 Å². The average molecular weight is 182 g/mol. The largest absolute Gasteiger partial charge is 0.337 e. The SMILES string of the molecule is CN1C(=O)CC2(CCC2)CNC1=O. The molecule has 3 amide bonds. The molecular formula is C9H14N2O2. The number of carbonyl (C=O) groups excluding carboxylic acids is 2. The van der Waals surface area contributed by atoms with E-state index in [-0.39, 0.29) is 17.4 Å². The van der Waals surface area contributed by atoms with E-state index in [1.54, 1.807) is 0 Å². The van der Waals surface area contributed by atoms with E-state index in [1.807, 2.05) is 0 Å². The summed E-state index contributed by atoms with van der Waals surface area (Å²) in [5, 5.41) is 2.78. The summed E-state index contributed by atoms with van der Waals surface area (Å²) in [5.41, 5.74) is 0.0947. The highest BCUT2D eigenvalue weighted by atomic mass is 16.2. The van der Waals surface area contributed by atoms with Gasteiger partial charge in [0.2, 0.25) is 5.91 Å². The molecule has 13 heavy (non-hydrogen) atoms. The van der Waals surface area contributed by atoms with E-state index in [2.05, 4.69) is 5.32 Å². The van der Waals surface area contributed by atoms with Crippen molar-refractivity contribution in [3.63, 3.8) is 0 Å². The molecule has 2 aliphatic rings. The second-order valence-corrected chi connectivity index (χ2v) is 4.14. The van der Waals surface area contributed by atoms with Gasteiger partial charge in [-0.2, -0.15) is 0 Å². The maximum atomic E-state index is 11.5.